The van der Waals surface area contributed by atoms with Crippen molar-refractivity contribution in [2.24, 2.45) is 0 Å². The first-order chi connectivity index (χ1) is 10.4. The Labute approximate surface area is 124 Å². The van der Waals surface area contributed by atoms with Gasteiger partial charge in [0.1, 0.15) is 5.75 Å². The Morgan fingerprint density at radius 1 is 0.773 bits per heavy atom. The highest BCUT2D eigenvalue weighted by Crippen LogP contribution is 2.32. The Hall–Kier alpha value is -2.69. The van der Waals surface area contributed by atoms with E-state index >= 15 is 0 Å². The Morgan fingerprint density at radius 2 is 1.41 bits per heavy atom. The largest absolute Gasteiger partial charge is 0.573 e. The molecule has 5 heteroatoms. The predicted molar refractivity (Wildman–Crippen MR) is 80.5 cm³/mol. The van der Waals surface area contributed by atoms with Gasteiger partial charge in [0.05, 0.1) is 0 Å². The van der Waals surface area contributed by atoms with Gasteiger partial charge in [-0.25, -0.2) is 0 Å². The second-order valence-corrected chi connectivity index (χ2v) is 4.82. The van der Waals surface area contributed by atoms with Gasteiger partial charge in [-0.05, 0) is 34.7 Å². The van der Waals surface area contributed by atoms with Gasteiger partial charge in [-0.1, -0.05) is 42.5 Å². The maximum Gasteiger partial charge on any atom is 0.573 e. The molecule has 0 saturated carbocycles. The third kappa shape index (κ3) is 2.83. The van der Waals surface area contributed by atoms with E-state index in [1.54, 1.807) is 12.1 Å². The van der Waals surface area contributed by atoms with Crippen LogP contribution in [0.15, 0.2) is 60.7 Å². The van der Waals surface area contributed by atoms with Gasteiger partial charge in [0.15, 0.2) is 0 Å². The Bertz CT molecular complexity index is 810. The van der Waals surface area contributed by atoms with Gasteiger partial charge in [0, 0.05) is 11.1 Å². The van der Waals surface area contributed by atoms with E-state index in [1.807, 2.05) is 36.4 Å². The predicted octanol–water partition coefficient (Wildman–Crippen LogP) is 4.99. The van der Waals surface area contributed by atoms with Crippen molar-refractivity contribution in [3.05, 3.63) is 60.7 Å². The molecule has 3 rings (SSSR count). The molecular formula is C17H12F3NO. The summed E-state index contributed by atoms with van der Waals surface area (Å²) in [6, 6.07) is 17.1. The fraction of sp³-hybridized carbons (Fsp3) is 0.0588. The number of ether oxygens (including phenoxy) is 1. The van der Waals surface area contributed by atoms with E-state index in [-0.39, 0.29) is 5.75 Å². The van der Waals surface area contributed by atoms with Gasteiger partial charge in [-0.2, -0.15) is 0 Å². The molecule has 0 aliphatic heterocycles. The minimum absolute atomic E-state index is 0.240. The number of nitrogen functional groups attached to an aromatic ring is 1. The second-order valence-electron chi connectivity index (χ2n) is 4.82. The molecule has 0 aliphatic rings. The summed E-state index contributed by atoms with van der Waals surface area (Å²) in [4.78, 5) is 0. The van der Waals surface area contributed by atoms with Gasteiger partial charge in [0.25, 0.3) is 0 Å². The molecule has 0 aliphatic carbocycles. The molecule has 2 N–H and O–H groups in total. The van der Waals surface area contributed by atoms with Crippen LogP contribution in [0, 0.1) is 0 Å². The maximum atomic E-state index is 12.2. The van der Waals surface area contributed by atoms with Crippen molar-refractivity contribution in [3.63, 3.8) is 0 Å². The molecule has 0 bridgehead atoms. The van der Waals surface area contributed by atoms with Crippen molar-refractivity contribution in [1.29, 1.82) is 0 Å². The van der Waals surface area contributed by atoms with Crippen LogP contribution >= 0.6 is 0 Å². The molecular weight excluding hydrogens is 291 g/mol. The molecule has 0 heterocycles. The highest BCUT2D eigenvalue weighted by molar-refractivity contribution is 6.02. The van der Waals surface area contributed by atoms with Crippen LogP contribution in [0.1, 0.15) is 0 Å². The van der Waals surface area contributed by atoms with E-state index in [4.69, 9.17) is 5.73 Å². The molecule has 112 valence electrons. The van der Waals surface area contributed by atoms with E-state index in [2.05, 4.69) is 4.74 Å². The fourth-order valence-electron chi connectivity index (χ4n) is 2.42. The van der Waals surface area contributed by atoms with Gasteiger partial charge in [-0.3, -0.25) is 0 Å². The molecule has 0 amide bonds. The maximum absolute atomic E-state index is 12.2. The van der Waals surface area contributed by atoms with Crippen LogP contribution in [0.4, 0.5) is 18.9 Å². The summed E-state index contributed by atoms with van der Waals surface area (Å²) in [6.45, 7) is 0. The van der Waals surface area contributed by atoms with Gasteiger partial charge in [0.2, 0.25) is 0 Å². The number of alkyl halides is 3. The summed E-state index contributed by atoms with van der Waals surface area (Å²) in [5.74, 6) is -0.240. The lowest BCUT2D eigenvalue weighted by atomic mass is 9.97. The quantitative estimate of drug-likeness (QED) is 0.677. The highest BCUT2D eigenvalue weighted by atomic mass is 19.4. The molecule has 2 nitrogen and oxygen atoms in total. The summed E-state index contributed by atoms with van der Waals surface area (Å²) in [7, 11) is 0. The third-order valence-corrected chi connectivity index (χ3v) is 3.35. The van der Waals surface area contributed by atoms with Gasteiger partial charge < -0.3 is 10.5 Å². The molecule has 3 aromatic carbocycles. The normalized spacial score (nSPS) is 11.6. The Kier molecular flexibility index (Phi) is 3.41. The van der Waals surface area contributed by atoms with Crippen LogP contribution in [0.5, 0.6) is 5.75 Å². The molecule has 0 unspecified atom stereocenters. The smallest absolute Gasteiger partial charge is 0.406 e. The third-order valence-electron chi connectivity index (χ3n) is 3.35. The zero-order valence-electron chi connectivity index (χ0n) is 11.4. The van der Waals surface area contributed by atoms with Gasteiger partial charge in [-0.15, -0.1) is 13.2 Å². The lowest BCUT2D eigenvalue weighted by molar-refractivity contribution is -0.274. The number of fused-ring (bicyclic) bond motifs is 1. The summed E-state index contributed by atoms with van der Waals surface area (Å²) < 4.78 is 40.4. The molecule has 0 atom stereocenters. The first-order valence-corrected chi connectivity index (χ1v) is 6.57. The molecule has 0 aromatic heterocycles. The van der Waals surface area contributed by atoms with Crippen molar-refractivity contribution >= 4 is 16.5 Å². The van der Waals surface area contributed by atoms with Gasteiger partial charge >= 0.3 is 6.36 Å². The van der Waals surface area contributed by atoms with E-state index in [0.29, 0.717) is 5.69 Å². The standard InChI is InChI=1S/C17H12F3NO/c18-17(19,20)22-12-9-7-11(8-10-12)13-3-1-5-15-14(13)4-2-6-16(15)21/h1-10H,21H2. The average Bonchev–Trinajstić information content (AvgIpc) is 2.46. The Morgan fingerprint density at radius 3 is 2.09 bits per heavy atom. The fourth-order valence-corrected chi connectivity index (χ4v) is 2.42. The van der Waals surface area contributed by atoms with Crippen molar-refractivity contribution in [2.75, 3.05) is 5.73 Å². The molecule has 3 aromatic rings. The lowest BCUT2D eigenvalue weighted by Gasteiger charge is -2.11. The zero-order chi connectivity index (χ0) is 15.7. The topological polar surface area (TPSA) is 35.2 Å². The Balaban J connectivity index is 2.03. The molecule has 0 saturated heterocycles. The first-order valence-electron chi connectivity index (χ1n) is 6.57. The van der Waals surface area contributed by atoms with Crippen molar-refractivity contribution in [2.45, 2.75) is 6.36 Å². The molecule has 22 heavy (non-hydrogen) atoms. The minimum atomic E-state index is -4.69. The summed E-state index contributed by atoms with van der Waals surface area (Å²) in [6.07, 6.45) is -4.69. The van der Waals surface area contributed by atoms with Crippen molar-refractivity contribution < 1.29 is 17.9 Å². The summed E-state index contributed by atoms with van der Waals surface area (Å²) in [5, 5.41) is 1.86. The van der Waals surface area contributed by atoms with E-state index in [0.717, 1.165) is 21.9 Å². The summed E-state index contributed by atoms with van der Waals surface area (Å²) >= 11 is 0. The number of halogens is 3. The lowest BCUT2D eigenvalue weighted by Crippen LogP contribution is -2.16. The van der Waals surface area contributed by atoms with Crippen LogP contribution in [0.25, 0.3) is 21.9 Å². The van der Waals surface area contributed by atoms with Crippen LogP contribution in [0.3, 0.4) is 0 Å². The number of nitrogens with two attached hydrogens (primary N) is 1. The average molecular weight is 303 g/mol. The molecule has 0 radical (unpaired) electrons. The number of rotatable bonds is 2. The molecule has 0 fully saturated rings. The number of anilines is 1. The first kappa shape index (κ1) is 14.3. The van der Waals surface area contributed by atoms with E-state index in [1.165, 1.54) is 12.1 Å². The zero-order valence-corrected chi connectivity index (χ0v) is 11.4. The number of hydrogen-bond donors (Lipinski definition) is 1. The monoisotopic (exact) mass is 303 g/mol. The molecule has 0 spiro atoms. The van der Waals surface area contributed by atoms with Crippen LogP contribution < -0.4 is 10.5 Å². The van der Waals surface area contributed by atoms with Crippen molar-refractivity contribution in [1.82, 2.24) is 0 Å². The summed E-state index contributed by atoms with van der Waals surface area (Å²) in [5.41, 5.74) is 8.32. The number of hydrogen-bond acceptors (Lipinski definition) is 2. The van der Waals surface area contributed by atoms with E-state index < -0.39 is 6.36 Å². The van der Waals surface area contributed by atoms with Crippen LogP contribution in [0.2, 0.25) is 0 Å². The van der Waals surface area contributed by atoms with Crippen LogP contribution in [-0.2, 0) is 0 Å². The van der Waals surface area contributed by atoms with Crippen molar-refractivity contribution in [3.8, 4) is 16.9 Å². The van der Waals surface area contributed by atoms with Crippen LogP contribution in [-0.4, -0.2) is 6.36 Å². The minimum Gasteiger partial charge on any atom is -0.406 e. The van der Waals surface area contributed by atoms with E-state index in [9.17, 15) is 13.2 Å². The highest BCUT2D eigenvalue weighted by Gasteiger charge is 2.30. The number of benzene rings is 3. The SMILES string of the molecule is Nc1cccc2c(-c3ccc(OC(F)(F)F)cc3)cccc12. The second kappa shape index (κ2) is 5.26.